The van der Waals surface area contributed by atoms with E-state index in [1.165, 1.54) is 4.21 Å². The van der Waals surface area contributed by atoms with Gasteiger partial charge in [-0.2, -0.15) is 0 Å². The molecule has 1 aromatic heterocycles. The summed E-state index contributed by atoms with van der Waals surface area (Å²) >= 11 is 3.36. The lowest BCUT2D eigenvalue weighted by Crippen LogP contribution is -2.45. The number of nitrogens with zero attached hydrogens (tertiary/aromatic N) is 3. The molecule has 1 atom stereocenters. The standard InChI is InChI=1S/C26H37F2N3O2S2/c1-7-16(3)24(32)20-15-21(27)22(23(28)19(20)8-2)26(33)9-11-31(12-10-26)14-13-30(6)35-25-17(4)29-18(5)34-25/h15-16,33H,7-14H2,1-6H3. The van der Waals surface area contributed by atoms with Crippen LogP contribution < -0.4 is 0 Å². The minimum absolute atomic E-state index is 0.105. The van der Waals surface area contributed by atoms with Gasteiger partial charge in [0.25, 0.3) is 0 Å². The maximum absolute atomic E-state index is 15.6. The van der Waals surface area contributed by atoms with Gasteiger partial charge in [-0.1, -0.05) is 20.8 Å². The van der Waals surface area contributed by atoms with Crippen LogP contribution in [0.4, 0.5) is 8.78 Å². The normalized spacial score (nSPS) is 17.2. The van der Waals surface area contributed by atoms with E-state index in [4.69, 9.17) is 0 Å². The average Bonchev–Trinajstić information content (AvgIpc) is 3.13. The van der Waals surface area contributed by atoms with Crippen molar-refractivity contribution in [1.82, 2.24) is 14.2 Å². The number of carbonyl (C=O) groups is 1. The fraction of sp³-hybridized carbons (Fsp3) is 0.615. The number of Topliss-reactive ketones (excluding diaryl/α,β-unsaturated/α-hetero) is 1. The van der Waals surface area contributed by atoms with Crippen molar-refractivity contribution >= 4 is 29.1 Å². The number of hydrogen-bond donors (Lipinski definition) is 1. The van der Waals surface area contributed by atoms with Crippen LogP contribution in [0.1, 0.15) is 72.2 Å². The molecule has 5 nitrogen and oxygen atoms in total. The Balaban J connectivity index is 1.67. The van der Waals surface area contributed by atoms with Crippen molar-refractivity contribution in [3.05, 3.63) is 45.1 Å². The summed E-state index contributed by atoms with van der Waals surface area (Å²) in [6, 6.07) is 1.14. The SMILES string of the molecule is CCc1c(C(=O)C(C)CC)cc(F)c(C2(O)CCN(CCN(C)Sc3sc(C)nc3C)CC2)c1F. The number of likely N-dealkylation sites (tertiary alicyclic amines) is 1. The summed E-state index contributed by atoms with van der Waals surface area (Å²) in [5, 5.41) is 12.4. The molecule has 3 rings (SSSR count). The first kappa shape index (κ1) is 28.2. The quantitative estimate of drug-likeness (QED) is 0.315. The summed E-state index contributed by atoms with van der Waals surface area (Å²) in [5.41, 5.74) is -0.508. The van der Waals surface area contributed by atoms with Crippen molar-refractivity contribution in [1.29, 1.82) is 0 Å². The fourth-order valence-electron chi connectivity index (χ4n) is 4.57. The van der Waals surface area contributed by atoms with Crippen LogP contribution in [0, 0.1) is 31.4 Å². The highest BCUT2D eigenvalue weighted by Gasteiger charge is 2.40. The van der Waals surface area contributed by atoms with E-state index in [0.717, 1.165) is 29.9 Å². The summed E-state index contributed by atoms with van der Waals surface area (Å²) in [7, 11) is 2.04. The van der Waals surface area contributed by atoms with Gasteiger partial charge in [-0.05, 0) is 70.2 Å². The van der Waals surface area contributed by atoms with Gasteiger partial charge in [-0.25, -0.2) is 18.1 Å². The molecule has 0 amide bonds. The molecule has 1 aliphatic rings. The molecule has 1 aromatic carbocycles. The highest BCUT2D eigenvalue weighted by Crippen LogP contribution is 2.39. The highest BCUT2D eigenvalue weighted by molar-refractivity contribution is 7.99. The molecule has 0 bridgehead atoms. The van der Waals surface area contributed by atoms with Crippen molar-refractivity contribution < 1.29 is 18.7 Å². The first-order valence-electron chi connectivity index (χ1n) is 12.3. The van der Waals surface area contributed by atoms with E-state index < -0.39 is 17.2 Å². The molecular weight excluding hydrogens is 488 g/mol. The van der Waals surface area contributed by atoms with Crippen molar-refractivity contribution in [2.45, 2.75) is 70.1 Å². The Morgan fingerprint density at radius 2 is 1.97 bits per heavy atom. The number of likely N-dealkylation sites (N-methyl/N-ethyl adjacent to an activating group) is 1. The lowest BCUT2D eigenvalue weighted by molar-refractivity contribution is -0.0314. The second-order valence-corrected chi connectivity index (χ2v) is 12.2. The minimum Gasteiger partial charge on any atom is -0.385 e. The van der Waals surface area contributed by atoms with Crippen molar-refractivity contribution in [2.75, 3.05) is 33.2 Å². The number of rotatable bonds is 10. The molecule has 1 unspecified atom stereocenters. The molecule has 1 fully saturated rings. The summed E-state index contributed by atoms with van der Waals surface area (Å²) in [6.07, 6.45) is 1.35. The molecule has 0 radical (unpaired) electrons. The zero-order valence-electron chi connectivity index (χ0n) is 21.6. The summed E-state index contributed by atoms with van der Waals surface area (Å²) in [5.74, 6) is -2.15. The second kappa shape index (κ2) is 11.8. The van der Waals surface area contributed by atoms with Gasteiger partial charge in [0.15, 0.2) is 5.78 Å². The predicted molar refractivity (Wildman–Crippen MR) is 139 cm³/mol. The third kappa shape index (κ3) is 6.31. The molecule has 0 aliphatic carbocycles. The van der Waals surface area contributed by atoms with E-state index in [1.807, 2.05) is 27.8 Å². The number of carbonyl (C=O) groups excluding carboxylic acids is 1. The molecule has 194 valence electrons. The van der Waals surface area contributed by atoms with Crippen molar-refractivity contribution in [2.24, 2.45) is 5.92 Å². The molecule has 1 aliphatic heterocycles. The second-order valence-electron chi connectivity index (χ2n) is 9.52. The van der Waals surface area contributed by atoms with Crippen LogP contribution in [0.25, 0.3) is 0 Å². The van der Waals surface area contributed by atoms with E-state index in [-0.39, 0.29) is 47.7 Å². The number of halogens is 2. The number of thiazole rings is 1. The van der Waals surface area contributed by atoms with Crippen LogP contribution in [-0.4, -0.2) is 58.3 Å². The Morgan fingerprint density at radius 1 is 1.31 bits per heavy atom. The molecule has 2 heterocycles. The number of aliphatic hydroxyl groups is 1. The first-order valence-corrected chi connectivity index (χ1v) is 13.9. The minimum atomic E-state index is -1.58. The predicted octanol–water partition coefficient (Wildman–Crippen LogP) is 5.75. The Morgan fingerprint density at radius 3 is 2.51 bits per heavy atom. The Hall–Kier alpha value is -1.39. The van der Waals surface area contributed by atoms with Gasteiger partial charge < -0.3 is 10.0 Å². The maximum atomic E-state index is 15.6. The van der Waals surface area contributed by atoms with Gasteiger partial charge >= 0.3 is 0 Å². The van der Waals surface area contributed by atoms with Crippen LogP contribution in [0.15, 0.2) is 10.3 Å². The molecule has 9 heteroatoms. The lowest BCUT2D eigenvalue weighted by Gasteiger charge is -2.39. The molecule has 35 heavy (non-hydrogen) atoms. The maximum Gasteiger partial charge on any atom is 0.166 e. The van der Waals surface area contributed by atoms with Gasteiger partial charge in [-0.3, -0.25) is 4.79 Å². The first-order chi connectivity index (χ1) is 16.5. The number of benzene rings is 1. The smallest absolute Gasteiger partial charge is 0.166 e. The van der Waals surface area contributed by atoms with Crippen LogP contribution in [0.2, 0.25) is 0 Å². The third-order valence-corrected chi connectivity index (χ3v) is 9.27. The molecular formula is C26H37F2N3O2S2. The monoisotopic (exact) mass is 525 g/mol. The zero-order chi connectivity index (χ0) is 25.9. The Bertz CT molecular complexity index is 1050. The number of aryl methyl sites for hydroxylation is 2. The fourth-order valence-corrected chi connectivity index (χ4v) is 6.74. The number of ketones is 1. The third-order valence-electron chi connectivity index (χ3n) is 6.98. The average molecular weight is 526 g/mol. The molecule has 0 spiro atoms. The van der Waals surface area contributed by atoms with E-state index in [9.17, 15) is 9.90 Å². The Labute approximate surface area is 216 Å². The zero-order valence-corrected chi connectivity index (χ0v) is 23.2. The van der Waals surface area contributed by atoms with E-state index >= 15 is 8.78 Å². The van der Waals surface area contributed by atoms with Crippen LogP contribution >= 0.6 is 23.3 Å². The van der Waals surface area contributed by atoms with Gasteiger partial charge in [-0.15, -0.1) is 11.3 Å². The Kier molecular flexibility index (Phi) is 9.48. The van der Waals surface area contributed by atoms with E-state index in [0.29, 0.717) is 19.5 Å². The van der Waals surface area contributed by atoms with Crippen LogP contribution in [-0.2, 0) is 12.0 Å². The van der Waals surface area contributed by atoms with Crippen LogP contribution in [0.3, 0.4) is 0 Å². The number of piperidine rings is 1. The number of aromatic nitrogens is 1. The van der Waals surface area contributed by atoms with E-state index in [1.54, 1.807) is 37.1 Å². The van der Waals surface area contributed by atoms with Crippen molar-refractivity contribution in [3.8, 4) is 0 Å². The van der Waals surface area contributed by atoms with E-state index in [2.05, 4.69) is 14.2 Å². The van der Waals surface area contributed by atoms with Gasteiger partial charge in [0, 0.05) is 37.7 Å². The van der Waals surface area contributed by atoms with Crippen LogP contribution in [0.5, 0.6) is 0 Å². The molecule has 0 saturated carbocycles. The summed E-state index contributed by atoms with van der Waals surface area (Å²) in [6.45, 7) is 12.1. The highest BCUT2D eigenvalue weighted by atomic mass is 32.2. The number of hydrogen-bond acceptors (Lipinski definition) is 7. The van der Waals surface area contributed by atoms with Gasteiger partial charge in [0.1, 0.15) is 11.6 Å². The summed E-state index contributed by atoms with van der Waals surface area (Å²) < 4.78 is 34.1. The molecule has 1 saturated heterocycles. The molecule has 1 N–H and O–H groups in total. The van der Waals surface area contributed by atoms with Gasteiger partial charge in [0.05, 0.1) is 26.1 Å². The van der Waals surface area contributed by atoms with Crippen molar-refractivity contribution in [3.63, 3.8) is 0 Å². The van der Waals surface area contributed by atoms with Gasteiger partial charge in [0.2, 0.25) is 0 Å². The topological polar surface area (TPSA) is 56.7 Å². The summed E-state index contributed by atoms with van der Waals surface area (Å²) in [4.78, 5) is 19.4. The molecule has 2 aromatic rings. The largest absolute Gasteiger partial charge is 0.385 e. The lowest BCUT2D eigenvalue weighted by atomic mass is 9.80.